The molecule has 0 aliphatic rings. The molecule has 0 aliphatic heterocycles. The summed E-state index contributed by atoms with van der Waals surface area (Å²) in [6, 6.07) is 15.7. The van der Waals surface area contributed by atoms with Crippen molar-refractivity contribution in [3.8, 4) is 11.4 Å². The Morgan fingerprint density at radius 2 is 1.89 bits per heavy atom. The average Bonchev–Trinajstić information content (AvgIpc) is 3.17. The molecule has 1 unspecified atom stereocenters. The van der Waals surface area contributed by atoms with Crippen molar-refractivity contribution in [2.75, 3.05) is 13.7 Å². The number of amides is 1. The summed E-state index contributed by atoms with van der Waals surface area (Å²) in [7, 11) is 1.64. The third kappa shape index (κ3) is 5.10. The highest BCUT2D eigenvalue weighted by molar-refractivity contribution is 8.00. The number of nitrogens with one attached hydrogen (secondary N) is 1. The number of aromatic nitrogens is 4. The quantitative estimate of drug-likeness (QED) is 0.589. The van der Waals surface area contributed by atoms with E-state index in [9.17, 15) is 4.79 Å². The number of nitrogens with zero attached hydrogens (tertiary/aromatic N) is 4. The monoisotopic (exact) mass is 397 g/mol. The molecular formula is C20H23N5O2S. The first-order valence-corrected chi connectivity index (χ1v) is 9.87. The SMILES string of the molecule is COc1ccc(CCNC(=O)C(C)Sc2nnnn2-c2ccc(C)cc2)cc1. The fraction of sp³-hybridized carbons (Fsp3) is 0.300. The van der Waals surface area contributed by atoms with E-state index in [1.54, 1.807) is 11.8 Å². The maximum atomic E-state index is 12.4. The molecule has 1 aromatic heterocycles. The molecule has 8 heteroatoms. The Labute approximate surface area is 168 Å². The number of ether oxygens (including phenoxy) is 1. The first-order chi connectivity index (χ1) is 13.6. The minimum atomic E-state index is -0.314. The standard InChI is InChI=1S/C20H23N5O2S/c1-14-4-8-17(9-5-14)25-20(22-23-24-25)28-15(2)19(26)21-13-12-16-6-10-18(27-3)11-7-16/h4-11,15H,12-13H2,1-3H3,(H,21,26). The Hall–Kier alpha value is -2.87. The fourth-order valence-electron chi connectivity index (χ4n) is 2.58. The van der Waals surface area contributed by atoms with E-state index in [1.165, 1.54) is 11.8 Å². The summed E-state index contributed by atoms with van der Waals surface area (Å²) >= 11 is 1.33. The Morgan fingerprint density at radius 3 is 2.57 bits per heavy atom. The molecule has 2 aromatic carbocycles. The summed E-state index contributed by atoms with van der Waals surface area (Å²) in [5.41, 5.74) is 3.17. The minimum absolute atomic E-state index is 0.0445. The van der Waals surface area contributed by atoms with Gasteiger partial charge in [0.1, 0.15) is 5.75 Å². The molecule has 0 saturated heterocycles. The molecule has 1 amide bonds. The molecule has 28 heavy (non-hydrogen) atoms. The lowest BCUT2D eigenvalue weighted by molar-refractivity contribution is -0.120. The molecular weight excluding hydrogens is 374 g/mol. The van der Waals surface area contributed by atoms with Crippen LogP contribution in [0.25, 0.3) is 5.69 Å². The summed E-state index contributed by atoms with van der Waals surface area (Å²) in [5.74, 6) is 0.779. The molecule has 7 nitrogen and oxygen atoms in total. The van der Waals surface area contributed by atoms with E-state index in [2.05, 4.69) is 20.8 Å². The van der Waals surface area contributed by atoms with E-state index in [1.807, 2.05) is 62.4 Å². The maximum absolute atomic E-state index is 12.4. The fourth-order valence-corrected chi connectivity index (χ4v) is 3.41. The molecule has 0 bridgehead atoms. The van der Waals surface area contributed by atoms with Crippen LogP contribution in [-0.4, -0.2) is 45.0 Å². The molecule has 0 spiro atoms. The van der Waals surface area contributed by atoms with Crippen LogP contribution in [-0.2, 0) is 11.2 Å². The van der Waals surface area contributed by atoms with Crippen molar-refractivity contribution in [2.45, 2.75) is 30.7 Å². The van der Waals surface area contributed by atoms with Gasteiger partial charge in [-0.15, -0.1) is 5.10 Å². The van der Waals surface area contributed by atoms with Gasteiger partial charge in [0, 0.05) is 6.54 Å². The second-order valence-electron chi connectivity index (χ2n) is 6.36. The molecule has 3 rings (SSSR count). The van der Waals surface area contributed by atoms with E-state index in [-0.39, 0.29) is 11.2 Å². The molecule has 0 radical (unpaired) electrons. The number of thioether (sulfide) groups is 1. The van der Waals surface area contributed by atoms with Crippen molar-refractivity contribution in [3.63, 3.8) is 0 Å². The lowest BCUT2D eigenvalue weighted by Gasteiger charge is -2.12. The lowest BCUT2D eigenvalue weighted by atomic mass is 10.1. The Balaban J connectivity index is 1.53. The summed E-state index contributed by atoms with van der Waals surface area (Å²) in [5, 5.41) is 15.1. The van der Waals surface area contributed by atoms with Gasteiger partial charge in [0.05, 0.1) is 18.0 Å². The second kappa shape index (κ2) is 9.36. The smallest absolute Gasteiger partial charge is 0.233 e. The van der Waals surface area contributed by atoms with Crippen LogP contribution in [0.4, 0.5) is 0 Å². The van der Waals surface area contributed by atoms with Crippen LogP contribution < -0.4 is 10.1 Å². The number of hydrogen-bond donors (Lipinski definition) is 1. The number of methoxy groups -OCH3 is 1. The molecule has 1 atom stereocenters. The highest BCUT2D eigenvalue weighted by atomic mass is 32.2. The number of benzene rings is 2. The third-order valence-corrected chi connectivity index (χ3v) is 5.28. The van der Waals surface area contributed by atoms with Gasteiger partial charge >= 0.3 is 0 Å². The van der Waals surface area contributed by atoms with Crippen LogP contribution in [0.5, 0.6) is 5.75 Å². The zero-order valence-corrected chi connectivity index (χ0v) is 16.9. The summed E-state index contributed by atoms with van der Waals surface area (Å²) < 4.78 is 6.79. The largest absolute Gasteiger partial charge is 0.497 e. The Bertz CT molecular complexity index is 909. The van der Waals surface area contributed by atoms with Crippen LogP contribution in [0.3, 0.4) is 0 Å². The number of carbonyl (C=O) groups is 1. The van der Waals surface area contributed by atoms with Gasteiger partial charge < -0.3 is 10.1 Å². The number of tetrazole rings is 1. The van der Waals surface area contributed by atoms with Gasteiger partial charge in [0.2, 0.25) is 11.1 Å². The Morgan fingerprint density at radius 1 is 1.18 bits per heavy atom. The predicted octanol–water partition coefficient (Wildman–Crippen LogP) is 2.82. The van der Waals surface area contributed by atoms with Gasteiger partial charge in [-0.25, -0.2) is 0 Å². The number of aryl methyl sites for hydroxylation is 1. The second-order valence-corrected chi connectivity index (χ2v) is 7.67. The van der Waals surface area contributed by atoms with Gasteiger partial charge in [-0.2, -0.15) is 4.68 Å². The number of rotatable bonds is 8. The lowest BCUT2D eigenvalue weighted by Crippen LogP contribution is -2.32. The van der Waals surface area contributed by atoms with Gasteiger partial charge in [0.25, 0.3) is 0 Å². The molecule has 0 saturated carbocycles. The molecule has 1 N–H and O–H groups in total. The minimum Gasteiger partial charge on any atom is -0.497 e. The van der Waals surface area contributed by atoms with E-state index >= 15 is 0 Å². The zero-order valence-electron chi connectivity index (χ0n) is 16.1. The van der Waals surface area contributed by atoms with Crippen molar-refractivity contribution in [2.24, 2.45) is 0 Å². The molecule has 0 fully saturated rings. The van der Waals surface area contributed by atoms with Crippen LogP contribution in [0, 0.1) is 6.92 Å². The van der Waals surface area contributed by atoms with Crippen molar-refractivity contribution in [3.05, 3.63) is 59.7 Å². The summed E-state index contributed by atoms with van der Waals surface area (Å²) in [6.45, 7) is 4.44. The van der Waals surface area contributed by atoms with Crippen molar-refractivity contribution < 1.29 is 9.53 Å². The van der Waals surface area contributed by atoms with E-state index < -0.39 is 0 Å². The molecule has 1 heterocycles. The number of hydrogen-bond acceptors (Lipinski definition) is 6. The van der Waals surface area contributed by atoms with Gasteiger partial charge in [0.15, 0.2) is 0 Å². The third-order valence-electron chi connectivity index (χ3n) is 4.24. The van der Waals surface area contributed by atoms with Crippen LogP contribution in [0.1, 0.15) is 18.1 Å². The predicted molar refractivity (Wildman–Crippen MR) is 109 cm³/mol. The Kier molecular flexibility index (Phi) is 6.65. The van der Waals surface area contributed by atoms with E-state index in [0.717, 1.165) is 29.0 Å². The van der Waals surface area contributed by atoms with Crippen molar-refractivity contribution in [1.82, 2.24) is 25.5 Å². The highest BCUT2D eigenvalue weighted by Gasteiger charge is 2.19. The highest BCUT2D eigenvalue weighted by Crippen LogP contribution is 2.23. The maximum Gasteiger partial charge on any atom is 0.233 e. The normalized spacial score (nSPS) is 11.8. The first-order valence-electron chi connectivity index (χ1n) is 8.99. The van der Waals surface area contributed by atoms with Gasteiger partial charge in [-0.1, -0.05) is 41.6 Å². The van der Waals surface area contributed by atoms with Crippen molar-refractivity contribution in [1.29, 1.82) is 0 Å². The van der Waals surface area contributed by atoms with Crippen LogP contribution in [0.15, 0.2) is 53.7 Å². The molecule has 146 valence electrons. The van der Waals surface area contributed by atoms with Gasteiger partial charge in [-0.05, 0) is 60.5 Å². The molecule has 3 aromatic rings. The van der Waals surface area contributed by atoms with Crippen molar-refractivity contribution >= 4 is 17.7 Å². The van der Waals surface area contributed by atoms with Crippen LogP contribution in [0.2, 0.25) is 0 Å². The number of carbonyl (C=O) groups excluding carboxylic acids is 1. The molecule has 0 aliphatic carbocycles. The zero-order chi connectivity index (χ0) is 19.9. The average molecular weight is 398 g/mol. The topological polar surface area (TPSA) is 81.9 Å². The summed E-state index contributed by atoms with van der Waals surface area (Å²) in [4.78, 5) is 12.4. The van der Waals surface area contributed by atoms with E-state index in [4.69, 9.17) is 4.74 Å². The van der Waals surface area contributed by atoms with E-state index in [0.29, 0.717) is 11.7 Å². The van der Waals surface area contributed by atoms with Crippen LogP contribution >= 0.6 is 11.8 Å². The van der Waals surface area contributed by atoms with Gasteiger partial charge in [-0.3, -0.25) is 4.79 Å². The summed E-state index contributed by atoms with van der Waals surface area (Å²) in [6.07, 6.45) is 0.758. The first kappa shape index (κ1) is 19.9.